The molecule has 0 aliphatic carbocycles. The molecule has 4 nitrogen and oxygen atoms in total. The highest BCUT2D eigenvalue weighted by Crippen LogP contribution is 2.24. The van der Waals surface area contributed by atoms with E-state index in [-0.39, 0.29) is 0 Å². The number of benzene rings is 3. The number of hydrogen-bond acceptors (Lipinski definition) is 3. The Labute approximate surface area is 146 Å². The van der Waals surface area contributed by atoms with Crippen LogP contribution in [0.4, 0.5) is 11.6 Å². The monoisotopic (exact) mass is 326 g/mol. The van der Waals surface area contributed by atoms with Crippen LogP contribution in [0.3, 0.4) is 0 Å². The first-order valence-electron chi connectivity index (χ1n) is 8.21. The van der Waals surface area contributed by atoms with E-state index >= 15 is 0 Å². The molecule has 0 amide bonds. The van der Waals surface area contributed by atoms with Crippen molar-refractivity contribution in [2.45, 2.75) is 6.92 Å². The van der Waals surface area contributed by atoms with Crippen LogP contribution < -0.4 is 5.32 Å². The van der Waals surface area contributed by atoms with Crippen LogP contribution in [0, 0.1) is 6.92 Å². The summed E-state index contributed by atoms with van der Waals surface area (Å²) in [6.07, 6.45) is 0. The van der Waals surface area contributed by atoms with Gasteiger partial charge in [-0.2, -0.15) is 4.98 Å². The fourth-order valence-corrected chi connectivity index (χ4v) is 2.65. The van der Waals surface area contributed by atoms with Gasteiger partial charge in [-0.1, -0.05) is 66.2 Å². The summed E-state index contributed by atoms with van der Waals surface area (Å²) in [5, 5.41) is 7.96. The third-order valence-electron chi connectivity index (χ3n) is 3.95. The highest BCUT2D eigenvalue weighted by atomic mass is 15.4. The van der Waals surface area contributed by atoms with Crippen molar-refractivity contribution in [2.75, 3.05) is 5.32 Å². The van der Waals surface area contributed by atoms with Crippen molar-refractivity contribution in [1.82, 2.24) is 14.8 Å². The molecule has 0 aliphatic rings. The van der Waals surface area contributed by atoms with Crippen LogP contribution in [0.15, 0.2) is 84.9 Å². The van der Waals surface area contributed by atoms with Gasteiger partial charge < -0.3 is 5.32 Å². The quantitative estimate of drug-likeness (QED) is 0.575. The van der Waals surface area contributed by atoms with E-state index < -0.39 is 0 Å². The molecule has 1 aromatic heterocycles. The Balaban J connectivity index is 1.77. The maximum absolute atomic E-state index is 4.72. The first kappa shape index (κ1) is 15.1. The van der Waals surface area contributed by atoms with Gasteiger partial charge in [0.2, 0.25) is 5.95 Å². The number of rotatable bonds is 4. The Hall–Kier alpha value is -3.40. The summed E-state index contributed by atoms with van der Waals surface area (Å²) in [4.78, 5) is 4.72. The predicted octanol–water partition coefficient (Wildman–Crippen LogP) is 4.99. The molecule has 0 unspecified atom stereocenters. The lowest BCUT2D eigenvalue weighted by Gasteiger charge is -2.05. The second kappa shape index (κ2) is 6.61. The average Bonchev–Trinajstić information content (AvgIpc) is 3.09. The van der Waals surface area contributed by atoms with Crippen LogP contribution in [0.25, 0.3) is 17.1 Å². The minimum atomic E-state index is 0.576. The highest BCUT2D eigenvalue weighted by Gasteiger charge is 2.13. The van der Waals surface area contributed by atoms with Gasteiger partial charge in [0.05, 0.1) is 5.69 Å². The Kier molecular flexibility index (Phi) is 4.01. The van der Waals surface area contributed by atoms with Gasteiger partial charge in [-0.15, -0.1) is 5.10 Å². The molecule has 0 bridgehead atoms. The molecular formula is C21H18N4. The van der Waals surface area contributed by atoms with Gasteiger partial charge in [0, 0.05) is 11.3 Å². The van der Waals surface area contributed by atoms with Crippen molar-refractivity contribution >= 4 is 11.6 Å². The molecule has 0 aliphatic heterocycles. The molecule has 1 N–H and O–H groups in total. The van der Waals surface area contributed by atoms with Crippen molar-refractivity contribution in [3.05, 3.63) is 90.5 Å². The van der Waals surface area contributed by atoms with Gasteiger partial charge >= 0.3 is 0 Å². The maximum Gasteiger partial charge on any atom is 0.247 e. The van der Waals surface area contributed by atoms with E-state index in [1.54, 1.807) is 0 Å². The minimum absolute atomic E-state index is 0.576. The molecule has 0 fully saturated rings. The molecule has 4 heteroatoms. The first-order valence-corrected chi connectivity index (χ1v) is 8.21. The van der Waals surface area contributed by atoms with Crippen molar-refractivity contribution < 1.29 is 0 Å². The van der Waals surface area contributed by atoms with E-state index in [0.29, 0.717) is 5.95 Å². The lowest BCUT2D eigenvalue weighted by molar-refractivity contribution is 0.890. The molecule has 0 radical (unpaired) electrons. The van der Waals surface area contributed by atoms with Gasteiger partial charge in [0.15, 0.2) is 5.82 Å². The molecule has 0 atom stereocenters. The Morgan fingerprint density at radius 3 is 2.08 bits per heavy atom. The molecule has 1 heterocycles. The van der Waals surface area contributed by atoms with Gasteiger partial charge in [-0.3, -0.25) is 0 Å². The number of aryl methyl sites for hydroxylation is 1. The van der Waals surface area contributed by atoms with Gasteiger partial charge in [-0.25, -0.2) is 4.68 Å². The van der Waals surface area contributed by atoms with Gasteiger partial charge in [0.25, 0.3) is 0 Å². The number of anilines is 2. The summed E-state index contributed by atoms with van der Waals surface area (Å²) in [7, 11) is 0. The van der Waals surface area contributed by atoms with Crippen LogP contribution in [0.1, 0.15) is 5.56 Å². The number of para-hydroxylation sites is 1. The van der Waals surface area contributed by atoms with Crippen LogP contribution in [-0.2, 0) is 0 Å². The second-order valence-electron chi connectivity index (χ2n) is 5.86. The highest BCUT2D eigenvalue weighted by molar-refractivity contribution is 5.62. The zero-order valence-corrected chi connectivity index (χ0v) is 13.9. The smallest absolute Gasteiger partial charge is 0.247 e. The second-order valence-corrected chi connectivity index (χ2v) is 5.86. The summed E-state index contributed by atoms with van der Waals surface area (Å²) >= 11 is 0. The van der Waals surface area contributed by atoms with E-state index in [1.165, 1.54) is 5.56 Å². The summed E-state index contributed by atoms with van der Waals surface area (Å²) in [6.45, 7) is 2.07. The Morgan fingerprint density at radius 2 is 1.40 bits per heavy atom. The molecular weight excluding hydrogens is 308 g/mol. The Morgan fingerprint density at radius 1 is 0.760 bits per heavy atom. The molecule has 122 valence electrons. The average molecular weight is 326 g/mol. The molecule has 0 saturated carbocycles. The van der Waals surface area contributed by atoms with Crippen LogP contribution in [-0.4, -0.2) is 14.8 Å². The zero-order chi connectivity index (χ0) is 17.1. The zero-order valence-electron chi connectivity index (χ0n) is 13.9. The van der Waals surface area contributed by atoms with E-state index in [1.807, 2.05) is 77.5 Å². The van der Waals surface area contributed by atoms with Gasteiger partial charge in [0.1, 0.15) is 0 Å². The number of hydrogen-bond donors (Lipinski definition) is 1. The standard InChI is InChI=1S/C21H18N4/c1-16-12-14-18(15-13-16)22-21-23-20(17-8-4-2-5-9-17)25(24-21)19-10-6-3-7-11-19/h2-15H,1H3,(H,22,24). The fourth-order valence-electron chi connectivity index (χ4n) is 2.65. The largest absolute Gasteiger partial charge is 0.323 e. The van der Waals surface area contributed by atoms with Crippen molar-refractivity contribution in [3.8, 4) is 17.1 Å². The van der Waals surface area contributed by atoms with Crippen molar-refractivity contribution in [3.63, 3.8) is 0 Å². The number of nitrogens with one attached hydrogen (secondary N) is 1. The topological polar surface area (TPSA) is 42.7 Å². The lowest BCUT2D eigenvalue weighted by Crippen LogP contribution is -1.99. The van der Waals surface area contributed by atoms with E-state index in [4.69, 9.17) is 4.98 Å². The summed E-state index contributed by atoms with van der Waals surface area (Å²) in [5.41, 5.74) is 4.19. The van der Waals surface area contributed by atoms with Crippen LogP contribution >= 0.6 is 0 Å². The summed E-state index contributed by atoms with van der Waals surface area (Å²) in [6, 6.07) is 28.3. The van der Waals surface area contributed by atoms with Crippen LogP contribution in [0.5, 0.6) is 0 Å². The fraction of sp³-hybridized carbons (Fsp3) is 0.0476. The molecule has 4 rings (SSSR count). The lowest BCUT2D eigenvalue weighted by atomic mass is 10.2. The predicted molar refractivity (Wildman–Crippen MR) is 101 cm³/mol. The number of aromatic nitrogens is 3. The van der Waals surface area contributed by atoms with Crippen molar-refractivity contribution in [1.29, 1.82) is 0 Å². The third-order valence-corrected chi connectivity index (χ3v) is 3.95. The molecule has 25 heavy (non-hydrogen) atoms. The first-order chi connectivity index (χ1) is 12.3. The van der Waals surface area contributed by atoms with E-state index in [9.17, 15) is 0 Å². The maximum atomic E-state index is 4.72. The summed E-state index contributed by atoms with van der Waals surface area (Å²) in [5.74, 6) is 1.38. The molecule has 0 spiro atoms. The minimum Gasteiger partial charge on any atom is -0.323 e. The van der Waals surface area contributed by atoms with E-state index in [0.717, 1.165) is 22.8 Å². The Bertz CT molecular complexity index is 901. The van der Waals surface area contributed by atoms with E-state index in [2.05, 4.69) is 29.5 Å². The molecule has 0 saturated heterocycles. The number of nitrogens with zero attached hydrogens (tertiary/aromatic N) is 3. The SMILES string of the molecule is Cc1ccc(Nc2nc(-c3ccccc3)n(-c3ccccc3)n2)cc1. The molecule has 3 aromatic carbocycles. The van der Waals surface area contributed by atoms with Crippen LogP contribution in [0.2, 0.25) is 0 Å². The summed E-state index contributed by atoms with van der Waals surface area (Å²) < 4.78 is 1.87. The third kappa shape index (κ3) is 3.28. The van der Waals surface area contributed by atoms with Gasteiger partial charge in [-0.05, 0) is 31.2 Å². The van der Waals surface area contributed by atoms with Crippen molar-refractivity contribution in [2.24, 2.45) is 0 Å². The normalized spacial score (nSPS) is 10.6. The molecule has 4 aromatic rings.